The van der Waals surface area contributed by atoms with E-state index in [-0.39, 0.29) is 11.5 Å². The number of hydrogen-bond acceptors (Lipinski definition) is 3. The topological polar surface area (TPSA) is 75.6 Å². The molecule has 6 heteroatoms. The van der Waals surface area contributed by atoms with Crippen LogP contribution in [0, 0.1) is 6.92 Å². The summed E-state index contributed by atoms with van der Waals surface area (Å²) < 4.78 is 5.53. The number of benzene rings is 2. The summed E-state index contributed by atoms with van der Waals surface area (Å²) in [4.78, 5) is 23.3. The zero-order valence-corrected chi connectivity index (χ0v) is 13.4. The monoisotopic (exact) mass is 333 g/mol. The van der Waals surface area contributed by atoms with E-state index in [0.717, 1.165) is 0 Å². The van der Waals surface area contributed by atoms with Gasteiger partial charge in [0.05, 0.1) is 5.56 Å². The largest absolute Gasteiger partial charge is 0.481 e. The SMILES string of the molecule is Cc1c(NC(=O)C(C)Oc2ccc(Cl)cc2)cccc1C(=O)O. The van der Waals surface area contributed by atoms with Gasteiger partial charge in [0.25, 0.3) is 5.91 Å². The number of carbonyl (C=O) groups excluding carboxylic acids is 1. The van der Waals surface area contributed by atoms with E-state index in [9.17, 15) is 9.59 Å². The van der Waals surface area contributed by atoms with Gasteiger partial charge in [-0.15, -0.1) is 0 Å². The Kier molecular flexibility index (Phi) is 5.24. The van der Waals surface area contributed by atoms with Crippen molar-refractivity contribution in [2.45, 2.75) is 20.0 Å². The first-order valence-corrected chi connectivity index (χ1v) is 7.32. The molecular formula is C17H16ClNO4. The Hall–Kier alpha value is -2.53. The molecule has 2 aromatic carbocycles. The molecule has 120 valence electrons. The van der Waals surface area contributed by atoms with Crippen LogP contribution in [0.15, 0.2) is 42.5 Å². The van der Waals surface area contributed by atoms with Crippen LogP contribution in [0.2, 0.25) is 5.02 Å². The molecule has 1 amide bonds. The fourth-order valence-corrected chi connectivity index (χ4v) is 2.13. The molecule has 2 rings (SSSR count). The van der Waals surface area contributed by atoms with Crippen LogP contribution in [0.3, 0.4) is 0 Å². The lowest BCUT2D eigenvalue weighted by Crippen LogP contribution is -2.30. The van der Waals surface area contributed by atoms with Crippen molar-refractivity contribution in [1.82, 2.24) is 0 Å². The van der Waals surface area contributed by atoms with Crippen LogP contribution >= 0.6 is 11.6 Å². The number of carboxylic acids is 1. The summed E-state index contributed by atoms with van der Waals surface area (Å²) in [7, 11) is 0. The molecule has 0 aliphatic heterocycles. The minimum Gasteiger partial charge on any atom is -0.481 e. The second-order valence-corrected chi connectivity index (χ2v) is 5.42. The third-order valence-electron chi connectivity index (χ3n) is 3.32. The van der Waals surface area contributed by atoms with Crippen molar-refractivity contribution in [3.8, 4) is 5.75 Å². The van der Waals surface area contributed by atoms with Crippen molar-refractivity contribution in [1.29, 1.82) is 0 Å². The Morgan fingerprint density at radius 1 is 1.17 bits per heavy atom. The Balaban J connectivity index is 2.08. The summed E-state index contributed by atoms with van der Waals surface area (Å²) in [5.74, 6) is -0.886. The van der Waals surface area contributed by atoms with E-state index in [2.05, 4.69) is 5.32 Å². The Morgan fingerprint density at radius 2 is 1.83 bits per heavy atom. The molecule has 0 aliphatic carbocycles. The van der Waals surface area contributed by atoms with Crippen molar-refractivity contribution in [3.05, 3.63) is 58.6 Å². The zero-order chi connectivity index (χ0) is 17.0. The van der Waals surface area contributed by atoms with Gasteiger partial charge in [-0.05, 0) is 55.8 Å². The standard InChI is InChI=1S/C17H16ClNO4/c1-10-14(17(21)22)4-3-5-15(10)19-16(20)11(2)23-13-8-6-12(18)7-9-13/h3-9,11H,1-2H3,(H,19,20)(H,21,22). The maximum atomic E-state index is 12.2. The first kappa shape index (κ1) is 16.8. The number of amides is 1. The van der Waals surface area contributed by atoms with Crippen molar-refractivity contribution in [3.63, 3.8) is 0 Å². The summed E-state index contributed by atoms with van der Waals surface area (Å²) in [5, 5.41) is 12.4. The molecule has 2 aromatic rings. The summed E-state index contributed by atoms with van der Waals surface area (Å²) in [6, 6.07) is 11.4. The average Bonchev–Trinajstić information content (AvgIpc) is 2.51. The van der Waals surface area contributed by atoms with Crippen molar-refractivity contribution in [2.75, 3.05) is 5.32 Å². The molecule has 0 aliphatic rings. The third kappa shape index (κ3) is 4.23. The van der Waals surface area contributed by atoms with Gasteiger partial charge in [-0.3, -0.25) is 4.79 Å². The van der Waals surface area contributed by atoms with E-state index in [1.54, 1.807) is 50.2 Å². The van der Waals surface area contributed by atoms with E-state index >= 15 is 0 Å². The number of rotatable bonds is 5. The van der Waals surface area contributed by atoms with E-state index in [4.69, 9.17) is 21.4 Å². The first-order chi connectivity index (χ1) is 10.9. The Labute approximate surface area is 138 Å². The highest BCUT2D eigenvalue weighted by atomic mass is 35.5. The van der Waals surface area contributed by atoms with Gasteiger partial charge < -0.3 is 15.2 Å². The summed E-state index contributed by atoms with van der Waals surface area (Å²) in [6.07, 6.45) is -0.746. The number of carboxylic acid groups (broad SMARTS) is 1. The van der Waals surface area contributed by atoms with Gasteiger partial charge in [-0.2, -0.15) is 0 Å². The normalized spacial score (nSPS) is 11.6. The predicted molar refractivity (Wildman–Crippen MR) is 88.3 cm³/mol. The van der Waals surface area contributed by atoms with E-state index in [1.165, 1.54) is 6.07 Å². The van der Waals surface area contributed by atoms with Crippen LogP contribution in [0.1, 0.15) is 22.8 Å². The number of carbonyl (C=O) groups is 2. The van der Waals surface area contributed by atoms with Crippen LogP contribution in [0.4, 0.5) is 5.69 Å². The maximum absolute atomic E-state index is 12.2. The van der Waals surface area contributed by atoms with Gasteiger partial charge in [0.2, 0.25) is 0 Å². The smallest absolute Gasteiger partial charge is 0.336 e. The number of aromatic carboxylic acids is 1. The van der Waals surface area contributed by atoms with Gasteiger partial charge >= 0.3 is 5.97 Å². The van der Waals surface area contributed by atoms with Crippen LogP contribution in [0.25, 0.3) is 0 Å². The van der Waals surface area contributed by atoms with Gasteiger partial charge in [0.1, 0.15) is 5.75 Å². The molecular weight excluding hydrogens is 318 g/mol. The lowest BCUT2D eigenvalue weighted by atomic mass is 10.1. The van der Waals surface area contributed by atoms with Crippen molar-refractivity contribution >= 4 is 29.2 Å². The van der Waals surface area contributed by atoms with Gasteiger partial charge in [-0.1, -0.05) is 17.7 Å². The van der Waals surface area contributed by atoms with E-state index in [1.807, 2.05) is 0 Å². The second kappa shape index (κ2) is 7.15. The first-order valence-electron chi connectivity index (χ1n) is 6.94. The molecule has 0 saturated heterocycles. The number of ether oxygens (including phenoxy) is 1. The minimum absolute atomic E-state index is 0.147. The van der Waals surface area contributed by atoms with E-state index in [0.29, 0.717) is 22.0 Å². The lowest BCUT2D eigenvalue weighted by Gasteiger charge is -2.16. The van der Waals surface area contributed by atoms with E-state index < -0.39 is 12.1 Å². The number of halogens is 1. The highest BCUT2D eigenvalue weighted by Crippen LogP contribution is 2.20. The fraction of sp³-hybridized carbons (Fsp3) is 0.176. The van der Waals surface area contributed by atoms with Gasteiger partial charge in [0.15, 0.2) is 6.10 Å². The Morgan fingerprint density at radius 3 is 2.43 bits per heavy atom. The molecule has 1 atom stereocenters. The molecule has 0 aromatic heterocycles. The summed E-state index contributed by atoms with van der Waals surface area (Å²) in [5.41, 5.74) is 1.09. The number of anilines is 1. The molecule has 1 unspecified atom stereocenters. The molecule has 5 nitrogen and oxygen atoms in total. The van der Waals surface area contributed by atoms with Crippen LogP contribution in [-0.4, -0.2) is 23.1 Å². The zero-order valence-electron chi connectivity index (χ0n) is 12.7. The molecule has 23 heavy (non-hydrogen) atoms. The third-order valence-corrected chi connectivity index (χ3v) is 3.57. The highest BCUT2D eigenvalue weighted by molar-refractivity contribution is 6.30. The van der Waals surface area contributed by atoms with Crippen LogP contribution in [0.5, 0.6) is 5.75 Å². The predicted octanol–water partition coefficient (Wildman–Crippen LogP) is 3.75. The molecule has 2 N–H and O–H groups in total. The molecule has 0 saturated carbocycles. The molecule has 0 radical (unpaired) electrons. The quantitative estimate of drug-likeness (QED) is 0.873. The molecule has 0 bridgehead atoms. The maximum Gasteiger partial charge on any atom is 0.336 e. The molecule has 0 spiro atoms. The number of hydrogen-bond donors (Lipinski definition) is 2. The van der Waals surface area contributed by atoms with Crippen molar-refractivity contribution in [2.24, 2.45) is 0 Å². The number of nitrogens with one attached hydrogen (secondary N) is 1. The minimum atomic E-state index is -1.04. The Bertz CT molecular complexity index is 728. The van der Waals surface area contributed by atoms with Crippen LogP contribution in [-0.2, 0) is 4.79 Å². The molecule has 0 heterocycles. The van der Waals surface area contributed by atoms with Crippen molar-refractivity contribution < 1.29 is 19.4 Å². The highest BCUT2D eigenvalue weighted by Gasteiger charge is 2.17. The fourth-order valence-electron chi connectivity index (χ4n) is 2.01. The molecule has 0 fully saturated rings. The summed E-state index contributed by atoms with van der Waals surface area (Å²) >= 11 is 5.79. The lowest BCUT2D eigenvalue weighted by molar-refractivity contribution is -0.122. The summed E-state index contributed by atoms with van der Waals surface area (Å²) in [6.45, 7) is 3.25. The average molecular weight is 334 g/mol. The van der Waals surface area contributed by atoms with Gasteiger partial charge in [0, 0.05) is 10.7 Å². The van der Waals surface area contributed by atoms with Gasteiger partial charge in [-0.25, -0.2) is 4.79 Å². The van der Waals surface area contributed by atoms with Crippen LogP contribution < -0.4 is 10.1 Å². The second-order valence-electron chi connectivity index (χ2n) is 4.99.